The van der Waals surface area contributed by atoms with Crippen molar-refractivity contribution in [1.82, 2.24) is 15.1 Å². The normalized spacial score (nSPS) is 12.7. The number of hydrogen-bond donors (Lipinski definition) is 1. The molecule has 0 spiro atoms. The van der Waals surface area contributed by atoms with E-state index in [0.29, 0.717) is 13.1 Å². The fourth-order valence-corrected chi connectivity index (χ4v) is 2.10. The average Bonchev–Trinajstić information content (AvgIpc) is 2.60. The van der Waals surface area contributed by atoms with E-state index in [-0.39, 0.29) is 5.91 Å². The fourth-order valence-electron chi connectivity index (χ4n) is 2.10. The number of amides is 3. The number of nitrogens with zero attached hydrogens (tertiary/aromatic N) is 2. The van der Waals surface area contributed by atoms with Gasteiger partial charge in [0.05, 0.1) is 0 Å². The van der Waals surface area contributed by atoms with E-state index < -0.39 is 24.1 Å². The molecule has 7 nitrogen and oxygen atoms in total. The first-order valence-corrected chi connectivity index (χ1v) is 8.27. The summed E-state index contributed by atoms with van der Waals surface area (Å²) in [6.07, 6.45) is -1.59. The minimum atomic E-state index is -0.993. The summed E-state index contributed by atoms with van der Waals surface area (Å²) < 4.78 is 5.16. The largest absolute Gasteiger partial charge is 0.436 e. The molecule has 2 atom stereocenters. The quantitative estimate of drug-likeness (QED) is 0.811. The minimum Gasteiger partial charge on any atom is -0.436 e. The van der Waals surface area contributed by atoms with Gasteiger partial charge < -0.3 is 19.9 Å². The Bertz CT molecular complexity index is 591. The number of nitrogens with one attached hydrogen (secondary N) is 1. The zero-order chi connectivity index (χ0) is 19.0. The maximum atomic E-state index is 12.1. The van der Waals surface area contributed by atoms with Crippen LogP contribution in [0.2, 0.25) is 0 Å². The molecule has 0 aliphatic rings. The summed E-state index contributed by atoms with van der Waals surface area (Å²) >= 11 is 0. The summed E-state index contributed by atoms with van der Waals surface area (Å²) in [6.45, 7) is 5.85. The maximum Gasteiger partial charge on any atom is 0.410 e. The van der Waals surface area contributed by atoms with Crippen LogP contribution in [0.5, 0.6) is 0 Å². The molecule has 2 unspecified atom stereocenters. The van der Waals surface area contributed by atoms with Gasteiger partial charge in [-0.2, -0.15) is 0 Å². The highest BCUT2D eigenvalue weighted by atomic mass is 16.6. The van der Waals surface area contributed by atoms with Crippen LogP contribution in [0.25, 0.3) is 0 Å². The first-order chi connectivity index (χ1) is 11.8. The Morgan fingerprint density at radius 2 is 1.68 bits per heavy atom. The molecule has 0 heterocycles. The summed E-state index contributed by atoms with van der Waals surface area (Å²) in [7, 11) is 3.26. The van der Waals surface area contributed by atoms with E-state index >= 15 is 0 Å². The van der Waals surface area contributed by atoms with Crippen molar-refractivity contribution in [3.63, 3.8) is 0 Å². The van der Waals surface area contributed by atoms with Crippen LogP contribution in [0.1, 0.15) is 26.3 Å². The summed E-state index contributed by atoms with van der Waals surface area (Å²) in [5.41, 5.74) is 0.959. The van der Waals surface area contributed by atoms with E-state index in [0.717, 1.165) is 5.56 Å². The Morgan fingerprint density at radius 3 is 2.24 bits per heavy atom. The molecule has 0 saturated heterocycles. The van der Waals surface area contributed by atoms with Crippen LogP contribution in [0, 0.1) is 0 Å². The lowest BCUT2D eigenvalue weighted by molar-refractivity contribution is -0.137. The van der Waals surface area contributed by atoms with Gasteiger partial charge in [-0.1, -0.05) is 30.3 Å². The second-order valence-electron chi connectivity index (χ2n) is 5.95. The van der Waals surface area contributed by atoms with Crippen molar-refractivity contribution in [2.75, 3.05) is 20.6 Å². The molecule has 3 amide bonds. The highest BCUT2D eigenvalue weighted by molar-refractivity contribution is 5.89. The number of rotatable bonds is 7. The van der Waals surface area contributed by atoms with Gasteiger partial charge >= 0.3 is 6.09 Å². The van der Waals surface area contributed by atoms with Crippen LogP contribution in [-0.4, -0.2) is 60.5 Å². The summed E-state index contributed by atoms with van der Waals surface area (Å²) in [5.74, 6) is -0.706. The first kappa shape index (κ1) is 20.5. The summed E-state index contributed by atoms with van der Waals surface area (Å²) in [6, 6.07) is 8.79. The molecular weight excluding hydrogens is 322 g/mol. The SMILES string of the molecule is CCN(C)C(=O)C(C)NC(=O)C(C)OC(=O)N(C)Cc1ccccc1. The van der Waals surface area contributed by atoms with Gasteiger partial charge in [0, 0.05) is 27.2 Å². The van der Waals surface area contributed by atoms with E-state index in [9.17, 15) is 14.4 Å². The van der Waals surface area contributed by atoms with Crippen molar-refractivity contribution in [3.8, 4) is 0 Å². The molecule has 7 heteroatoms. The number of hydrogen-bond acceptors (Lipinski definition) is 4. The van der Waals surface area contributed by atoms with Crippen LogP contribution in [-0.2, 0) is 20.9 Å². The summed E-state index contributed by atoms with van der Waals surface area (Å²) in [5, 5.41) is 2.56. The third-order valence-electron chi connectivity index (χ3n) is 3.80. The van der Waals surface area contributed by atoms with Crippen molar-refractivity contribution in [3.05, 3.63) is 35.9 Å². The van der Waals surface area contributed by atoms with E-state index in [2.05, 4.69) is 5.32 Å². The van der Waals surface area contributed by atoms with Crippen LogP contribution >= 0.6 is 0 Å². The van der Waals surface area contributed by atoms with Gasteiger partial charge in [-0.05, 0) is 26.3 Å². The van der Waals surface area contributed by atoms with Crippen LogP contribution in [0.4, 0.5) is 4.79 Å². The predicted molar refractivity (Wildman–Crippen MR) is 94.8 cm³/mol. The van der Waals surface area contributed by atoms with Crippen molar-refractivity contribution >= 4 is 17.9 Å². The van der Waals surface area contributed by atoms with Gasteiger partial charge in [0.2, 0.25) is 5.91 Å². The Morgan fingerprint density at radius 1 is 1.08 bits per heavy atom. The molecule has 138 valence electrons. The van der Waals surface area contributed by atoms with E-state index in [1.54, 1.807) is 21.0 Å². The van der Waals surface area contributed by atoms with E-state index in [1.165, 1.54) is 16.7 Å². The third kappa shape index (κ3) is 6.45. The van der Waals surface area contributed by atoms with Crippen molar-refractivity contribution < 1.29 is 19.1 Å². The Labute approximate surface area is 148 Å². The number of ether oxygens (including phenoxy) is 1. The maximum absolute atomic E-state index is 12.1. The smallest absolute Gasteiger partial charge is 0.410 e. The fraction of sp³-hybridized carbons (Fsp3) is 0.500. The lowest BCUT2D eigenvalue weighted by Crippen LogP contribution is -2.49. The molecule has 0 radical (unpaired) electrons. The van der Waals surface area contributed by atoms with Gasteiger partial charge in [-0.25, -0.2) is 4.79 Å². The number of benzene rings is 1. The third-order valence-corrected chi connectivity index (χ3v) is 3.80. The van der Waals surface area contributed by atoms with E-state index in [1.807, 2.05) is 37.3 Å². The molecule has 0 aliphatic heterocycles. The first-order valence-electron chi connectivity index (χ1n) is 8.27. The average molecular weight is 349 g/mol. The minimum absolute atomic E-state index is 0.199. The van der Waals surface area contributed by atoms with Crippen molar-refractivity contribution in [2.45, 2.75) is 39.5 Å². The standard InChI is InChI=1S/C18H27N3O4/c1-6-20(4)17(23)13(2)19-16(22)14(3)25-18(24)21(5)12-15-10-8-7-9-11-15/h7-11,13-14H,6,12H2,1-5H3,(H,19,22). The number of carbonyl (C=O) groups is 3. The van der Waals surface area contributed by atoms with Crippen LogP contribution < -0.4 is 5.32 Å². The van der Waals surface area contributed by atoms with Crippen molar-refractivity contribution in [1.29, 1.82) is 0 Å². The molecule has 25 heavy (non-hydrogen) atoms. The second kappa shape index (κ2) is 9.66. The predicted octanol–water partition coefficient (Wildman–Crippen LogP) is 1.63. The van der Waals surface area contributed by atoms with Crippen LogP contribution in [0.3, 0.4) is 0 Å². The van der Waals surface area contributed by atoms with E-state index in [4.69, 9.17) is 4.74 Å². The van der Waals surface area contributed by atoms with Gasteiger partial charge in [0.25, 0.3) is 5.91 Å². The molecule has 1 aromatic rings. The number of likely N-dealkylation sites (N-methyl/N-ethyl adjacent to an activating group) is 1. The molecule has 0 aromatic heterocycles. The molecule has 0 saturated carbocycles. The van der Waals surface area contributed by atoms with Gasteiger partial charge in [0.15, 0.2) is 6.10 Å². The molecule has 1 aromatic carbocycles. The summed E-state index contributed by atoms with van der Waals surface area (Å²) in [4.78, 5) is 39.1. The van der Waals surface area contributed by atoms with Crippen LogP contribution in [0.15, 0.2) is 30.3 Å². The van der Waals surface area contributed by atoms with Gasteiger partial charge in [-0.15, -0.1) is 0 Å². The lowest BCUT2D eigenvalue weighted by atomic mass is 10.2. The van der Waals surface area contributed by atoms with Gasteiger partial charge in [-0.3, -0.25) is 9.59 Å². The Hall–Kier alpha value is -2.57. The molecule has 0 bridgehead atoms. The van der Waals surface area contributed by atoms with Crippen molar-refractivity contribution in [2.24, 2.45) is 0 Å². The highest BCUT2D eigenvalue weighted by Gasteiger charge is 2.24. The molecule has 0 fully saturated rings. The lowest BCUT2D eigenvalue weighted by Gasteiger charge is -2.23. The Kier molecular flexibility index (Phi) is 7.91. The number of carbonyl (C=O) groups excluding carboxylic acids is 3. The Balaban J connectivity index is 2.50. The molecule has 1 rings (SSSR count). The topological polar surface area (TPSA) is 79.0 Å². The molecule has 0 aliphatic carbocycles. The zero-order valence-corrected chi connectivity index (χ0v) is 15.5. The van der Waals surface area contributed by atoms with Gasteiger partial charge in [0.1, 0.15) is 6.04 Å². The molecule has 1 N–H and O–H groups in total. The monoisotopic (exact) mass is 349 g/mol. The highest BCUT2D eigenvalue weighted by Crippen LogP contribution is 2.05. The zero-order valence-electron chi connectivity index (χ0n) is 15.5. The molecular formula is C18H27N3O4. The second-order valence-corrected chi connectivity index (χ2v) is 5.95.